The number of aliphatic hydroxyl groups excluding tert-OH is 1. The van der Waals surface area contributed by atoms with Gasteiger partial charge in [0, 0.05) is 5.02 Å². The number of hydrogen-bond acceptors (Lipinski definition) is 6. The molecule has 0 unspecified atom stereocenters. The molecule has 0 saturated heterocycles. The molecule has 0 aliphatic rings. The van der Waals surface area contributed by atoms with Gasteiger partial charge in [0.2, 0.25) is 14.9 Å². The van der Waals surface area contributed by atoms with E-state index in [1.165, 1.54) is 24.3 Å². The molecule has 3 N–H and O–H groups in total. The quantitative estimate of drug-likeness (QED) is 0.842. The molecule has 0 radical (unpaired) electrons. The van der Waals surface area contributed by atoms with E-state index >= 15 is 0 Å². The molecule has 19 heavy (non-hydrogen) atoms. The SMILES string of the molecule is Nc1c(S(=O)(=O)c2ccc(Cl)cc2)nnn1CCO. The average Bonchev–Trinajstić information content (AvgIpc) is 2.73. The van der Waals surface area contributed by atoms with E-state index in [1.54, 1.807) is 0 Å². The van der Waals surface area contributed by atoms with Gasteiger partial charge >= 0.3 is 0 Å². The van der Waals surface area contributed by atoms with Crippen molar-refractivity contribution in [1.29, 1.82) is 0 Å². The van der Waals surface area contributed by atoms with Gasteiger partial charge < -0.3 is 10.8 Å². The van der Waals surface area contributed by atoms with Crippen molar-refractivity contribution in [2.24, 2.45) is 0 Å². The Morgan fingerprint density at radius 3 is 2.53 bits per heavy atom. The minimum absolute atomic E-state index is 0.0275. The summed E-state index contributed by atoms with van der Waals surface area (Å²) >= 11 is 5.71. The third kappa shape index (κ3) is 2.55. The Morgan fingerprint density at radius 2 is 1.95 bits per heavy atom. The van der Waals surface area contributed by atoms with Crippen molar-refractivity contribution < 1.29 is 13.5 Å². The van der Waals surface area contributed by atoms with Gasteiger partial charge in [0.1, 0.15) is 0 Å². The van der Waals surface area contributed by atoms with Crippen molar-refractivity contribution >= 4 is 27.3 Å². The van der Waals surface area contributed by atoms with Crippen LogP contribution in [-0.4, -0.2) is 35.1 Å². The maximum absolute atomic E-state index is 12.3. The fraction of sp³-hybridized carbons (Fsp3) is 0.200. The second-order valence-corrected chi connectivity index (χ2v) is 5.99. The Kier molecular flexibility index (Phi) is 3.74. The highest BCUT2D eigenvalue weighted by Crippen LogP contribution is 2.24. The summed E-state index contributed by atoms with van der Waals surface area (Å²) in [5.41, 5.74) is 5.66. The van der Waals surface area contributed by atoms with E-state index in [1.807, 2.05) is 0 Å². The van der Waals surface area contributed by atoms with Gasteiger partial charge in [0.15, 0.2) is 5.82 Å². The third-order valence-electron chi connectivity index (χ3n) is 2.43. The number of aliphatic hydroxyl groups is 1. The van der Waals surface area contributed by atoms with Crippen molar-refractivity contribution in [3.05, 3.63) is 29.3 Å². The number of sulfone groups is 1. The standard InChI is InChI=1S/C10H11ClN4O3S/c11-7-1-3-8(4-2-7)19(17,18)10-9(12)15(5-6-16)14-13-10/h1-4,16H,5-6,12H2. The zero-order valence-corrected chi connectivity index (χ0v) is 11.3. The summed E-state index contributed by atoms with van der Waals surface area (Å²) in [6, 6.07) is 5.65. The number of benzene rings is 1. The lowest BCUT2D eigenvalue weighted by molar-refractivity contribution is 0.269. The van der Waals surface area contributed by atoms with Gasteiger partial charge in [-0.1, -0.05) is 16.8 Å². The Balaban J connectivity index is 2.48. The number of anilines is 1. The number of hydrogen-bond donors (Lipinski definition) is 2. The number of nitrogens with zero attached hydrogens (tertiary/aromatic N) is 3. The normalized spacial score (nSPS) is 11.7. The Bertz CT molecular complexity index is 681. The van der Waals surface area contributed by atoms with Gasteiger partial charge in [-0.3, -0.25) is 0 Å². The van der Waals surface area contributed by atoms with Crippen LogP contribution in [0.15, 0.2) is 34.2 Å². The van der Waals surface area contributed by atoms with E-state index < -0.39 is 9.84 Å². The number of halogens is 1. The van der Waals surface area contributed by atoms with Crippen LogP contribution in [0, 0.1) is 0 Å². The molecule has 0 fully saturated rings. The zero-order valence-electron chi connectivity index (χ0n) is 9.69. The molecule has 0 spiro atoms. The first-order valence-electron chi connectivity index (χ1n) is 5.27. The van der Waals surface area contributed by atoms with Gasteiger partial charge in [0.05, 0.1) is 18.0 Å². The first-order chi connectivity index (χ1) is 8.96. The molecule has 0 atom stereocenters. The average molecular weight is 303 g/mol. The molecule has 0 amide bonds. The van der Waals surface area contributed by atoms with Crippen LogP contribution in [0.25, 0.3) is 0 Å². The molecular weight excluding hydrogens is 292 g/mol. The van der Waals surface area contributed by atoms with Crippen molar-refractivity contribution in [3.63, 3.8) is 0 Å². The van der Waals surface area contributed by atoms with Crippen LogP contribution in [-0.2, 0) is 16.4 Å². The summed E-state index contributed by atoms with van der Waals surface area (Å²) in [5.74, 6) is -0.107. The molecule has 2 rings (SSSR count). The predicted molar refractivity (Wildman–Crippen MR) is 68.4 cm³/mol. The van der Waals surface area contributed by atoms with Crippen LogP contribution >= 0.6 is 11.6 Å². The van der Waals surface area contributed by atoms with Crippen molar-refractivity contribution in [2.45, 2.75) is 16.5 Å². The summed E-state index contributed by atoms with van der Waals surface area (Å²) in [6.07, 6.45) is 0. The molecule has 2 aromatic rings. The van der Waals surface area contributed by atoms with E-state index in [2.05, 4.69) is 10.3 Å². The number of nitrogen functional groups attached to an aromatic ring is 1. The molecule has 102 valence electrons. The molecule has 0 aliphatic carbocycles. The highest BCUT2D eigenvalue weighted by atomic mass is 35.5. The fourth-order valence-corrected chi connectivity index (χ4v) is 2.85. The monoisotopic (exact) mass is 302 g/mol. The minimum Gasteiger partial charge on any atom is -0.394 e. The van der Waals surface area contributed by atoms with Gasteiger partial charge in [0.25, 0.3) is 0 Å². The summed E-state index contributed by atoms with van der Waals surface area (Å²) in [5, 5.41) is 16.0. The van der Waals surface area contributed by atoms with Gasteiger partial charge in [-0.05, 0) is 24.3 Å². The summed E-state index contributed by atoms with van der Waals surface area (Å²) in [7, 11) is -3.84. The van der Waals surface area contributed by atoms with Crippen molar-refractivity contribution in [3.8, 4) is 0 Å². The van der Waals surface area contributed by atoms with Crippen LogP contribution < -0.4 is 5.73 Å². The number of aromatic nitrogens is 3. The number of nitrogens with two attached hydrogens (primary N) is 1. The molecule has 7 nitrogen and oxygen atoms in total. The highest BCUT2D eigenvalue weighted by Gasteiger charge is 2.26. The zero-order chi connectivity index (χ0) is 14.0. The summed E-state index contributed by atoms with van der Waals surface area (Å²) < 4.78 is 25.7. The van der Waals surface area contributed by atoms with E-state index in [0.717, 1.165) is 4.68 Å². The largest absolute Gasteiger partial charge is 0.394 e. The molecule has 9 heteroatoms. The van der Waals surface area contributed by atoms with E-state index in [-0.39, 0.29) is 28.9 Å². The predicted octanol–water partition coefficient (Wildman–Crippen LogP) is 0.339. The molecular formula is C10H11ClN4O3S. The maximum Gasteiger partial charge on any atom is 0.229 e. The van der Waals surface area contributed by atoms with E-state index in [0.29, 0.717) is 5.02 Å². The second kappa shape index (κ2) is 5.16. The Labute approximate surface area is 114 Å². The van der Waals surface area contributed by atoms with Gasteiger partial charge in [-0.2, -0.15) is 0 Å². The van der Waals surface area contributed by atoms with Crippen LogP contribution in [0.3, 0.4) is 0 Å². The molecule has 0 saturated carbocycles. The molecule has 1 aromatic heterocycles. The van der Waals surface area contributed by atoms with Crippen LogP contribution in [0.4, 0.5) is 5.82 Å². The minimum atomic E-state index is -3.84. The third-order valence-corrected chi connectivity index (χ3v) is 4.38. The molecule has 0 bridgehead atoms. The molecule has 1 aromatic carbocycles. The van der Waals surface area contributed by atoms with Crippen LogP contribution in [0.2, 0.25) is 5.02 Å². The second-order valence-electron chi connectivity index (χ2n) is 3.68. The number of rotatable bonds is 4. The molecule has 1 heterocycles. The summed E-state index contributed by atoms with van der Waals surface area (Å²) in [4.78, 5) is 0.0275. The Morgan fingerprint density at radius 1 is 1.32 bits per heavy atom. The lowest BCUT2D eigenvalue weighted by atomic mass is 10.4. The van der Waals surface area contributed by atoms with E-state index in [9.17, 15) is 8.42 Å². The lowest BCUT2D eigenvalue weighted by Crippen LogP contribution is -2.10. The summed E-state index contributed by atoms with van der Waals surface area (Å²) in [6.45, 7) is -0.136. The van der Waals surface area contributed by atoms with Crippen molar-refractivity contribution in [1.82, 2.24) is 15.0 Å². The van der Waals surface area contributed by atoms with E-state index in [4.69, 9.17) is 22.4 Å². The van der Waals surface area contributed by atoms with Crippen LogP contribution in [0.1, 0.15) is 0 Å². The Hall–Kier alpha value is -1.64. The smallest absolute Gasteiger partial charge is 0.229 e. The maximum atomic E-state index is 12.3. The van der Waals surface area contributed by atoms with Crippen LogP contribution in [0.5, 0.6) is 0 Å². The molecule has 0 aliphatic heterocycles. The first kappa shape index (κ1) is 13.8. The van der Waals surface area contributed by atoms with Crippen molar-refractivity contribution in [2.75, 3.05) is 12.3 Å². The topological polar surface area (TPSA) is 111 Å². The first-order valence-corrected chi connectivity index (χ1v) is 7.13. The van der Waals surface area contributed by atoms with Gasteiger partial charge in [-0.15, -0.1) is 5.10 Å². The van der Waals surface area contributed by atoms with Gasteiger partial charge in [-0.25, -0.2) is 13.1 Å². The highest BCUT2D eigenvalue weighted by molar-refractivity contribution is 7.91. The fourth-order valence-electron chi connectivity index (χ4n) is 1.48. The lowest BCUT2D eigenvalue weighted by Gasteiger charge is -2.03.